The maximum Gasteiger partial charge on any atom is 0.272 e. The Kier molecular flexibility index (Phi) is 3.35. The Labute approximate surface area is 104 Å². The molecule has 1 aliphatic rings. The monoisotopic (exact) mass is 274 g/mol. The van der Waals surface area contributed by atoms with E-state index in [1.54, 1.807) is 6.07 Å². The number of hydrogen-bond donors (Lipinski definition) is 0. The molecule has 92 valence electrons. The Balaban J connectivity index is 2.12. The lowest BCUT2D eigenvalue weighted by Gasteiger charge is -2.26. The van der Waals surface area contributed by atoms with Crippen LogP contribution in [-0.4, -0.2) is 48.8 Å². The fourth-order valence-corrected chi connectivity index (χ4v) is 2.96. The van der Waals surface area contributed by atoms with Gasteiger partial charge in [-0.2, -0.15) is 0 Å². The molecule has 2 heterocycles. The van der Waals surface area contributed by atoms with Gasteiger partial charge in [-0.25, -0.2) is 8.42 Å². The molecule has 5 nitrogen and oxygen atoms in total. The number of amides is 1. The van der Waals surface area contributed by atoms with Crippen LogP contribution in [0.4, 0.5) is 0 Å². The summed E-state index contributed by atoms with van der Waals surface area (Å²) < 4.78 is 22.5. The third-order valence-corrected chi connectivity index (χ3v) is 4.42. The summed E-state index contributed by atoms with van der Waals surface area (Å²) in [6, 6.07) is 3.06. The number of carbonyl (C=O) groups excluding carboxylic acids is 1. The average molecular weight is 275 g/mol. The molecule has 0 unspecified atom stereocenters. The van der Waals surface area contributed by atoms with Crippen molar-refractivity contribution in [1.82, 2.24) is 9.88 Å². The molecule has 2 rings (SSSR count). The fourth-order valence-electron chi connectivity index (χ4n) is 1.60. The van der Waals surface area contributed by atoms with Crippen LogP contribution in [0.3, 0.4) is 0 Å². The lowest BCUT2D eigenvalue weighted by Crippen LogP contribution is -2.43. The highest BCUT2D eigenvalue weighted by Gasteiger charge is 2.26. The molecule has 0 spiro atoms. The van der Waals surface area contributed by atoms with Crippen molar-refractivity contribution in [3.05, 3.63) is 29.0 Å². The number of sulfone groups is 1. The van der Waals surface area contributed by atoms with Gasteiger partial charge in [0.25, 0.3) is 5.91 Å². The quantitative estimate of drug-likeness (QED) is 0.752. The van der Waals surface area contributed by atoms with E-state index in [-0.39, 0.29) is 36.2 Å². The van der Waals surface area contributed by atoms with E-state index in [4.69, 9.17) is 11.6 Å². The Bertz CT molecular complexity index is 530. The third kappa shape index (κ3) is 2.95. The van der Waals surface area contributed by atoms with Crippen molar-refractivity contribution in [3.8, 4) is 0 Å². The molecule has 0 atom stereocenters. The van der Waals surface area contributed by atoms with Crippen LogP contribution in [0.5, 0.6) is 0 Å². The summed E-state index contributed by atoms with van der Waals surface area (Å²) in [5, 5.41) is 0.438. The van der Waals surface area contributed by atoms with Crippen LogP contribution in [0, 0.1) is 0 Å². The van der Waals surface area contributed by atoms with Gasteiger partial charge < -0.3 is 4.90 Å². The van der Waals surface area contributed by atoms with Crippen LogP contribution >= 0.6 is 11.6 Å². The van der Waals surface area contributed by atoms with Crippen molar-refractivity contribution in [1.29, 1.82) is 0 Å². The van der Waals surface area contributed by atoms with Gasteiger partial charge >= 0.3 is 0 Å². The van der Waals surface area contributed by atoms with Crippen LogP contribution in [0.1, 0.15) is 10.5 Å². The van der Waals surface area contributed by atoms with Gasteiger partial charge in [0.15, 0.2) is 9.84 Å². The first kappa shape index (κ1) is 12.3. The minimum atomic E-state index is -2.98. The Morgan fingerprint density at radius 3 is 2.59 bits per heavy atom. The van der Waals surface area contributed by atoms with E-state index in [0.717, 1.165) is 0 Å². The van der Waals surface area contributed by atoms with Gasteiger partial charge in [0.1, 0.15) is 5.69 Å². The standard InChI is InChI=1S/C10H11ClN2O3S/c11-8-1-2-12-9(7-8)10(14)13-3-5-17(15,16)6-4-13/h1-2,7H,3-6H2. The second kappa shape index (κ2) is 4.62. The zero-order chi connectivity index (χ0) is 12.5. The van der Waals surface area contributed by atoms with E-state index in [9.17, 15) is 13.2 Å². The molecule has 1 aromatic heterocycles. The van der Waals surface area contributed by atoms with E-state index < -0.39 is 9.84 Å². The summed E-state index contributed by atoms with van der Waals surface area (Å²) in [6.07, 6.45) is 1.45. The van der Waals surface area contributed by atoms with Gasteiger partial charge in [0, 0.05) is 24.3 Å². The van der Waals surface area contributed by atoms with Crippen molar-refractivity contribution in [2.24, 2.45) is 0 Å². The summed E-state index contributed by atoms with van der Waals surface area (Å²) >= 11 is 5.77. The second-order valence-electron chi connectivity index (χ2n) is 3.80. The third-order valence-electron chi connectivity index (χ3n) is 2.57. The molecule has 0 radical (unpaired) electrons. The van der Waals surface area contributed by atoms with Crippen LogP contribution < -0.4 is 0 Å². The van der Waals surface area contributed by atoms with Gasteiger partial charge in [-0.1, -0.05) is 11.6 Å². The van der Waals surface area contributed by atoms with Crippen LogP contribution in [0.25, 0.3) is 0 Å². The molecule has 7 heteroatoms. The molecule has 0 aliphatic carbocycles. The molecule has 1 fully saturated rings. The van der Waals surface area contributed by atoms with Crippen LogP contribution in [0.2, 0.25) is 5.02 Å². The molecule has 1 amide bonds. The summed E-state index contributed by atoms with van der Waals surface area (Å²) in [5.74, 6) is -0.249. The normalized spacial score (nSPS) is 19.0. The lowest BCUT2D eigenvalue weighted by atomic mass is 10.3. The maximum atomic E-state index is 12.0. The lowest BCUT2D eigenvalue weighted by molar-refractivity contribution is 0.0764. The topological polar surface area (TPSA) is 67.3 Å². The first-order chi connectivity index (χ1) is 7.98. The van der Waals surface area contributed by atoms with Crippen molar-refractivity contribution in [2.45, 2.75) is 0 Å². The molecular weight excluding hydrogens is 264 g/mol. The van der Waals surface area contributed by atoms with Crippen molar-refractivity contribution in [3.63, 3.8) is 0 Å². The molecule has 17 heavy (non-hydrogen) atoms. The van der Waals surface area contributed by atoms with Crippen LogP contribution in [0.15, 0.2) is 18.3 Å². The second-order valence-corrected chi connectivity index (χ2v) is 6.54. The Morgan fingerprint density at radius 2 is 2.00 bits per heavy atom. The number of aromatic nitrogens is 1. The predicted octanol–water partition coefficient (Wildman–Crippen LogP) is 0.606. The predicted molar refractivity (Wildman–Crippen MR) is 63.8 cm³/mol. The number of nitrogens with zero attached hydrogens (tertiary/aromatic N) is 2. The molecule has 1 saturated heterocycles. The Hall–Kier alpha value is -1.14. The van der Waals surface area contributed by atoms with Gasteiger partial charge in [-0.3, -0.25) is 9.78 Å². The summed E-state index contributed by atoms with van der Waals surface area (Å²) in [4.78, 5) is 17.4. The molecular formula is C10H11ClN2O3S. The number of halogens is 1. The number of rotatable bonds is 1. The average Bonchev–Trinajstić information content (AvgIpc) is 2.28. The van der Waals surface area contributed by atoms with Crippen molar-refractivity contribution < 1.29 is 13.2 Å². The highest BCUT2D eigenvalue weighted by atomic mass is 35.5. The van der Waals surface area contributed by atoms with E-state index in [0.29, 0.717) is 5.02 Å². The SMILES string of the molecule is O=C(c1cc(Cl)ccn1)N1CCS(=O)(=O)CC1. The zero-order valence-corrected chi connectivity index (χ0v) is 10.5. The minimum absolute atomic E-state index is 0.0132. The van der Waals surface area contributed by atoms with Crippen LogP contribution in [-0.2, 0) is 9.84 Å². The maximum absolute atomic E-state index is 12.0. The smallest absolute Gasteiger partial charge is 0.272 e. The van der Waals surface area contributed by atoms with Crippen molar-refractivity contribution in [2.75, 3.05) is 24.6 Å². The van der Waals surface area contributed by atoms with E-state index in [1.165, 1.54) is 17.2 Å². The first-order valence-electron chi connectivity index (χ1n) is 5.09. The van der Waals surface area contributed by atoms with Gasteiger partial charge in [-0.15, -0.1) is 0 Å². The summed E-state index contributed by atoms with van der Waals surface area (Å²) in [5.41, 5.74) is 0.247. The molecule has 0 aromatic carbocycles. The minimum Gasteiger partial charge on any atom is -0.335 e. The zero-order valence-electron chi connectivity index (χ0n) is 8.97. The van der Waals surface area contributed by atoms with Gasteiger partial charge in [0.05, 0.1) is 11.5 Å². The molecule has 0 N–H and O–H groups in total. The van der Waals surface area contributed by atoms with E-state index in [1.807, 2.05) is 0 Å². The molecule has 0 saturated carbocycles. The van der Waals surface area contributed by atoms with E-state index in [2.05, 4.69) is 4.98 Å². The summed E-state index contributed by atoms with van der Waals surface area (Å²) in [7, 11) is -2.98. The molecule has 1 aromatic rings. The Morgan fingerprint density at radius 1 is 1.35 bits per heavy atom. The first-order valence-corrected chi connectivity index (χ1v) is 7.29. The fraction of sp³-hybridized carbons (Fsp3) is 0.400. The summed E-state index contributed by atoms with van der Waals surface area (Å²) in [6.45, 7) is 0.435. The van der Waals surface area contributed by atoms with Crippen molar-refractivity contribution >= 4 is 27.3 Å². The van der Waals surface area contributed by atoms with Gasteiger partial charge in [-0.05, 0) is 12.1 Å². The molecule has 1 aliphatic heterocycles. The number of hydrogen-bond acceptors (Lipinski definition) is 4. The molecule has 0 bridgehead atoms. The van der Waals surface area contributed by atoms with E-state index >= 15 is 0 Å². The highest BCUT2D eigenvalue weighted by Crippen LogP contribution is 2.12. The number of carbonyl (C=O) groups is 1. The highest BCUT2D eigenvalue weighted by molar-refractivity contribution is 7.91. The largest absolute Gasteiger partial charge is 0.335 e. The van der Waals surface area contributed by atoms with Gasteiger partial charge in [0.2, 0.25) is 0 Å². The number of pyridine rings is 1.